The molecule has 32 heteroatoms. The standard InChI is InChI=1S/C45H91N21O11/c1-24(2)16-30(64-41(76)28(11-8-14-55-44(49)50)57-18-32(67)26(5)53-6)40(75)39(74)27(10-7-13-54-43(47)48)63-42(77)29(12-9-15-56-45(51)52)65-66-31(17-25(3)4)38(73)33(68)19-58-35(70)21-60-37(72)23-62-61-22-36(71)59-20-34(46)69/h24-31,43-45,53-57,61-62,65-66H,7-23,47-52H2,1-6H3,(H2,46,69)(H,58,70)(H,59,71)(H,60,72)(H,63,77)(H,64,76)/t26-,27-,28-,29-,30-,31-/m0/s1. The summed E-state index contributed by atoms with van der Waals surface area (Å²) in [6.45, 7) is 6.99. The first-order valence-electron chi connectivity index (χ1n) is 25.7. The van der Waals surface area contributed by atoms with Crippen molar-refractivity contribution < 1.29 is 52.7 Å². The molecule has 0 bridgehead atoms. The Morgan fingerprint density at radius 3 is 1.31 bits per heavy atom. The summed E-state index contributed by atoms with van der Waals surface area (Å²) in [4.78, 5) is 143. The van der Waals surface area contributed by atoms with E-state index in [0.29, 0.717) is 13.0 Å². The first-order chi connectivity index (χ1) is 36.2. The van der Waals surface area contributed by atoms with Gasteiger partial charge in [0.2, 0.25) is 58.6 Å². The smallest absolute Gasteiger partial charge is 0.239 e. The third kappa shape index (κ3) is 34.9. The van der Waals surface area contributed by atoms with Crippen LogP contribution in [0.2, 0.25) is 0 Å². The average Bonchev–Trinajstić information content (AvgIpc) is 3.35. The van der Waals surface area contributed by atoms with E-state index in [1.807, 2.05) is 0 Å². The van der Waals surface area contributed by atoms with E-state index in [1.54, 1.807) is 41.7 Å². The molecule has 0 aliphatic heterocycles. The molecule has 0 heterocycles. The van der Waals surface area contributed by atoms with Gasteiger partial charge in [-0.3, -0.25) is 74.0 Å². The van der Waals surface area contributed by atoms with Gasteiger partial charge in [0.25, 0.3) is 0 Å². The van der Waals surface area contributed by atoms with Crippen molar-refractivity contribution >= 4 is 64.4 Å². The van der Waals surface area contributed by atoms with Gasteiger partial charge in [-0.05, 0) is 96.8 Å². The summed E-state index contributed by atoms with van der Waals surface area (Å²) in [5.74, 6) is -8.87. The van der Waals surface area contributed by atoms with Crippen molar-refractivity contribution in [1.29, 1.82) is 0 Å². The number of carbonyl (C=O) groups excluding carboxylic acids is 11. The number of hydrogen-bond donors (Lipinski definition) is 21. The van der Waals surface area contributed by atoms with Gasteiger partial charge in [-0.2, -0.15) is 0 Å². The lowest BCUT2D eigenvalue weighted by molar-refractivity contribution is -0.141. The van der Waals surface area contributed by atoms with Crippen molar-refractivity contribution in [2.24, 2.45) is 52.0 Å². The predicted molar refractivity (Wildman–Crippen MR) is 284 cm³/mol. The summed E-state index contributed by atoms with van der Waals surface area (Å²) in [5, 5.41) is 26.5. The zero-order chi connectivity index (χ0) is 58.6. The largest absolute Gasteiger partial charge is 0.368 e. The van der Waals surface area contributed by atoms with Crippen LogP contribution in [-0.4, -0.2) is 185 Å². The SMILES string of the molecule is CN[C@@H](C)C(=O)CN[C@@H](CCCNC(N)N)C(=O)N[C@@H](CC(C)C)C(=O)C(=O)[C@H](CCCNC(N)N)NC(=O)[C@H](CCCNC(N)N)NN[C@@H](CC(C)C)C(=O)C(=O)CNC(=O)CNC(=O)CNNCC(=O)NCC(N)=O. The predicted octanol–water partition coefficient (Wildman–Crippen LogP) is -10.1. The molecule has 0 spiro atoms. The second-order valence-corrected chi connectivity index (χ2v) is 19.1. The molecule has 77 heavy (non-hydrogen) atoms. The maximum absolute atomic E-state index is 14.4. The molecule has 6 atom stereocenters. The Labute approximate surface area is 450 Å². The van der Waals surface area contributed by atoms with Crippen LogP contribution in [0, 0.1) is 11.8 Å². The zero-order valence-electron chi connectivity index (χ0n) is 45.4. The number of likely N-dealkylation sites (N-methyl/N-ethyl adjacent to an activating group) is 1. The summed E-state index contributed by atoms with van der Waals surface area (Å²) in [6, 6.07) is -6.78. The van der Waals surface area contributed by atoms with E-state index in [1.165, 1.54) is 0 Å². The molecule has 0 fully saturated rings. The maximum Gasteiger partial charge on any atom is 0.239 e. The van der Waals surface area contributed by atoms with Crippen molar-refractivity contribution in [3.63, 3.8) is 0 Å². The second kappa shape index (κ2) is 40.7. The summed E-state index contributed by atoms with van der Waals surface area (Å²) in [5.41, 5.74) is 49.3. The quantitative estimate of drug-likeness (QED) is 0.0116. The van der Waals surface area contributed by atoms with Gasteiger partial charge in [-0.25, -0.2) is 21.7 Å². The van der Waals surface area contributed by atoms with Gasteiger partial charge in [0.15, 0.2) is 5.78 Å². The molecule has 442 valence electrons. The Morgan fingerprint density at radius 1 is 0.429 bits per heavy atom. The minimum atomic E-state index is -1.46. The number of hydrogen-bond acceptors (Lipinski definition) is 26. The fourth-order valence-electron chi connectivity index (χ4n) is 6.92. The van der Waals surface area contributed by atoms with Gasteiger partial charge in [0.05, 0.1) is 75.5 Å². The van der Waals surface area contributed by atoms with E-state index in [9.17, 15) is 52.7 Å². The zero-order valence-corrected chi connectivity index (χ0v) is 45.4. The number of ketones is 5. The van der Waals surface area contributed by atoms with Crippen LogP contribution < -0.4 is 115 Å². The van der Waals surface area contributed by atoms with Crippen LogP contribution in [0.15, 0.2) is 0 Å². The number of rotatable bonds is 47. The summed E-state index contributed by atoms with van der Waals surface area (Å²) >= 11 is 0. The lowest BCUT2D eigenvalue weighted by atomic mass is 9.93. The van der Waals surface area contributed by atoms with Crippen molar-refractivity contribution in [3.8, 4) is 0 Å². The molecular formula is C45H91N21O11. The molecule has 0 aromatic rings. The van der Waals surface area contributed by atoms with Crippen molar-refractivity contribution in [3.05, 3.63) is 0 Å². The Balaban J connectivity index is 6.38. The van der Waals surface area contributed by atoms with Gasteiger partial charge in [-0.1, -0.05) is 27.7 Å². The van der Waals surface area contributed by atoms with Crippen LogP contribution in [-0.2, 0) is 52.7 Å². The molecule has 0 saturated heterocycles. The van der Waals surface area contributed by atoms with Crippen LogP contribution in [0.1, 0.15) is 86.0 Å². The molecule has 0 radical (unpaired) electrons. The molecule has 0 unspecified atom stereocenters. The molecule has 0 saturated carbocycles. The number of hydrazine groups is 2. The normalized spacial score (nSPS) is 13.9. The highest BCUT2D eigenvalue weighted by Crippen LogP contribution is 2.12. The van der Waals surface area contributed by atoms with E-state index in [2.05, 4.69) is 74.9 Å². The minimum Gasteiger partial charge on any atom is -0.368 e. The van der Waals surface area contributed by atoms with Gasteiger partial charge >= 0.3 is 0 Å². The van der Waals surface area contributed by atoms with E-state index >= 15 is 0 Å². The van der Waals surface area contributed by atoms with Gasteiger partial charge in [-0.15, -0.1) is 0 Å². The molecule has 0 rings (SSSR count). The molecule has 0 aromatic carbocycles. The number of nitrogens with two attached hydrogens (primary N) is 7. The van der Waals surface area contributed by atoms with Crippen LogP contribution >= 0.6 is 0 Å². The average molecular weight is 1100 g/mol. The molecule has 0 aromatic heterocycles. The first kappa shape index (κ1) is 71.6. The summed E-state index contributed by atoms with van der Waals surface area (Å²) < 4.78 is 0. The van der Waals surface area contributed by atoms with Crippen molar-refractivity contribution in [1.82, 2.24) is 74.9 Å². The highest BCUT2D eigenvalue weighted by Gasteiger charge is 2.36. The highest BCUT2D eigenvalue weighted by atomic mass is 16.2. The number of Topliss-reactive ketones (excluding diaryl/α,β-unsaturated/α-hetero) is 5. The fourth-order valence-corrected chi connectivity index (χ4v) is 6.92. The first-order valence-corrected chi connectivity index (χ1v) is 25.7. The van der Waals surface area contributed by atoms with Crippen LogP contribution in [0.4, 0.5) is 0 Å². The molecule has 6 amide bonds. The van der Waals surface area contributed by atoms with Crippen molar-refractivity contribution in [2.45, 2.75) is 141 Å². The third-order valence-electron chi connectivity index (χ3n) is 11.1. The maximum atomic E-state index is 14.4. The molecule has 0 aliphatic carbocycles. The lowest BCUT2D eigenvalue weighted by Gasteiger charge is -2.27. The van der Waals surface area contributed by atoms with E-state index in [0.717, 1.165) is 0 Å². The monoisotopic (exact) mass is 1100 g/mol. The Morgan fingerprint density at radius 2 is 0.831 bits per heavy atom. The number of nitrogens with one attached hydrogen (secondary N) is 14. The van der Waals surface area contributed by atoms with Gasteiger partial charge in [0.1, 0.15) is 18.9 Å². The van der Waals surface area contributed by atoms with E-state index in [-0.39, 0.29) is 102 Å². The van der Waals surface area contributed by atoms with E-state index < -0.39 is 127 Å². The summed E-state index contributed by atoms with van der Waals surface area (Å²) in [7, 11) is 1.62. The fraction of sp³-hybridized carbons (Fsp3) is 0.756. The third-order valence-corrected chi connectivity index (χ3v) is 11.1. The Hall–Kier alpha value is -5.43. The Bertz CT molecular complexity index is 1880. The van der Waals surface area contributed by atoms with Crippen LogP contribution in [0.5, 0.6) is 0 Å². The highest BCUT2D eigenvalue weighted by molar-refractivity contribution is 6.41. The van der Waals surface area contributed by atoms with Gasteiger partial charge in [0, 0.05) is 0 Å². The molecule has 28 N–H and O–H groups in total. The molecule has 32 nitrogen and oxygen atoms in total. The molecular weight excluding hydrogens is 1010 g/mol. The minimum absolute atomic E-state index is 0.0237. The molecule has 0 aliphatic rings. The van der Waals surface area contributed by atoms with Crippen LogP contribution in [0.25, 0.3) is 0 Å². The number of amides is 6. The number of carbonyl (C=O) groups is 11. The second-order valence-electron chi connectivity index (χ2n) is 19.1. The number of primary amides is 1. The summed E-state index contributed by atoms with van der Waals surface area (Å²) in [6.07, 6.45) is -1.56. The Kier molecular flexibility index (Phi) is 37.9. The van der Waals surface area contributed by atoms with Crippen LogP contribution in [0.3, 0.4) is 0 Å². The van der Waals surface area contributed by atoms with Gasteiger partial charge < -0.3 is 72.0 Å². The topological polar surface area (TPSA) is 538 Å². The van der Waals surface area contributed by atoms with Crippen molar-refractivity contribution in [2.75, 3.05) is 66.0 Å². The van der Waals surface area contributed by atoms with E-state index in [4.69, 9.17) is 40.1 Å². The lowest BCUT2D eigenvalue weighted by Crippen LogP contribution is -2.59.